The van der Waals surface area contributed by atoms with Crippen LogP contribution in [-0.2, 0) is 14.3 Å². The Morgan fingerprint density at radius 1 is 1.79 bits per heavy atom. The highest BCUT2D eigenvalue weighted by Gasteiger charge is 2.23. The third kappa shape index (κ3) is 3.89. The van der Waals surface area contributed by atoms with Crippen molar-refractivity contribution in [3.63, 3.8) is 0 Å². The van der Waals surface area contributed by atoms with Crippen LogP contribution in [0.25, 0.3) is 0 Å². The Morgan fingerprint density at radius 3 is 2.86 bits per heavy atom. The van der Waals surface area contributed by atoms with Crippen LogP contribution in [-0.4, -0.2) is 31.3 Å². The maximum absolute atomic E-state index is 10.8. The Balaban J connectivity index is 2.35. The first-order valence-electron chi connectivity index (χ1n) is 4.85. The number of carbonyl (C=O) groups is 1. The first-order valence-corrected chi connectivity index (χ1v) is 4.85. The molecule has 2 N–H and O–H groups in total. The molecule has 1 rings (SSSR count). The van der Waals surface area contributed by atoms with Gasteiger partial charge in [-0.25, -0.2) is 0 Å². The molecule has 4 heteroatoms. The highest BCUT2D eigenvalue weighted by molar-refractivity contribution is 5.91. The maximum atomic E-state index is 10.8. The highest BCUT2D eigenvalue weighted by atomic mass is 16.6. The van der Waals surface area contributed by atoms with E-state index in [0.29, 0.717) is 12.2 Å². The number of amides is 1. The SMILES string of the molecule is CCC(C=C(C)C(N)=O)OCC1CO1. The van der Waals surface area contributed by atoms with Crippen molar-refractivity contribution >= 4 is 5.91 Å². The molecular weight excluding hydrogens is 182 g/mol. The molecule has 4 nitrogen and oxygen atoms in total. The zero-order chi connectivity index (χ0) is 10.6. The number of nitrogens with two attached hydrogens (primary N) is 1. The molecule has 0 aromatic rings. The van der Waals surface area contributed by atoms with Crippen LogP contribution in [0.3, 0.4) is 0 Å². The number of epoxide rings is 1. The van der Waals surface area contributed by atoms with Crippen LogP contribution >= 0.6 is 0 Å². The van der Waals surface area contributed by atoms with Gasteiger partial charge < -0.3 is 15.2 Å². The lowest BCUT2D eigenvalue weighted by Crippen LogP contribution is -2.17. The van der Waals surface area contributed by atoms with Gasteiger partial charge in [-0.2, -0.15) is 0 Å². The molecule has 0 aliphatic carbocycles. The molecule has 0 aromatic carbocycles. The molecule has 1 aliphatic heterocycles. The van der Waals surface area contributed by atoms with E-state index in [-0.39, 0.29) is 12.2 Å². The number of primary amides is 1. The monoisotopic (exact) mass is 199 g/mol. The van der Waals surface area contributed by atoms with Crippen molar-refractivity contribution in [1.29, 1.82) is 0 Å². The summed E-state index contributed by atoms with van der Waals surface area (Å²) in [6.07, 6.45) is 2.82. The van der Waals surface area contributed by atoms with E-state index < -0.39 is 5.91 Å². The van der Waals surface area contributed by atoms with Crippen molar-refractivity contribution in [3.8, 4) is 0 Å². The van der Waals surface area contributed by atoms with E-state index in [4.69, 9.17) is 15.2 Å². The van der Waals surface area contributed by atoms with Gasteiger partial charge in [-0.05, 0) is 19.4 Å². The summed E-state index contributed by atoms with van der Waals surface area (Å²) in [4.78, 5) is 10.8. The van der Waals surface area contributed by atoms with E-state index >= 15 is 0 Å². The first-order chi connectivity index (χ1) is 6.63. The second kappa shape index (κ2) is 5.12. The number of rotatable bonds is 6. The van der Waals surface area contributed by atoms with Crippen LogP contribution in [0.15, 0.2) is 11.6 Å². The Bertz CT molecular complexity index is 234. The van der Waals surface area contributed by atoms with Gasteiger partial charge in [0.15, 0.2) is 0 Å². The average Bonchev–Trinajstić information content (AvgIpc) is 2.95. The molecule has 2 atom stereocenters. The quantitative estimate of drug-likeness (QED) is 0.503. The molecule has 1 amide bonds. The minimum absolute atomic E-state index is 0.0355. The molecule has 1 heterocycles. The lowest BCUT2D eigenvalue weighted by atomic mass is 10.2. The largest absolute Gasteiger partial charge is 0.371 e. The van der Waals surface area contributed by atoms with E-state index in [2.05, 4.69) is 0 Å². The molecule has 2 unspecified atom stereocenters. The summed E-state index contributed by atoms with van der Waals surface area (Å²) < 4.78 is 10.5. The van der Waals surface area contributed by atoms with E-state index in [0.717, 1.165) is 13.0 Å². The summed E-state index contributed by atoms with van der Waals surface area (Å²) in [7, 11) is 0. The van der Waals surface area contributed by atoms with Crippen LogP contribution in [0.2, 0.25) is 0 Å². The van der Waals surface area contributed by atoms with Gasteiger partial charge in [0.2, 0.25) is 5.91 Å². The predicted molar refractivity (Wildman–Crippen MR) is 52.7 cm³/mol. The lowest BCUT2D eigenvalue weighted by molar-refractivity contribution is -0.114. The number of hydrogen-bond acceptors (Lipinski definition) is 3. The molecule has 1 aliphatic rings. The van der Waals surface area contributed by atoms with E-state index in [1.807, 2.05) is 6.92 Å². The molecule has 0 aromatic heterocycles. The standard InChI is InChI=1S/C10H17NO3/c1-3-8(4-7(2)10(11)12)13-5-9-6-14-9/h4,8-9H,3,5-6H2,1-2H3,(H2,11,12). The van der Waals surface area contributed by atoms with Crippen molar-refractivity contribution < 1.29 is 14.3 Å². The second-order valence-corrected chi connectivity index (χ2v) is 3.45. The smallest absolute Gasteiger partial charge is 0.244 e. The molecule has 0 radical (unpaired) electrons. The number of ether oxygens (including phenoxy) is 2. The Labute approximate surface area is 84.1 Å². The molecule has 1 fully saturated rings. The van der Waals surface area contributed by atoms with E-state index in [1.54, 1.807) is 13.0 Å². The average molecular weight is 199 g/mol. The number of carbonyl (C=O) groups excluding carboxylic acids is 1. The van der Waals surface area contributed by atoms with Crippen molar-refractivity contribution in [3.05, 3.63) is 11.6 Å². The van der Waals surface area contributed by atoms with Gasteiger partial charge in [-0.1, -0.05) is 6.92 Å². The van der Waals surface area contributed by atoms with Gasteiger partial charge in [-0.3, -0.25) is 4.79 Å². The topological polar surface area (TPSA) is 64.9 Å². The molecular formula is C10H17NO3. The summed E-state index contributed by atoms with van der Waals surface area (Å²) in [6, 6.07) is 0. The lowest BCUT2D eigenvalue weighted by Gasteiger charge is -2.11. The summed E-state index contributed by atoms with van der Waals surface area (Å²) in [6.45, 7) is 5.08. The fourth-order valence-electron chi connectivity index (χ4n) is 1.04. The highest BCUT2D eigenvalue weighted by Crippen LogP contribution is 2.12. The van der Waals surface area contributed by atoms with Gasteiger partial charge in [0.05, 0.1) is 19.3 Å². The van der Waals surface area contributed by atoms with Gasteiger partial charge in [0.25, 0.3) is 0 Å². The summed E-state index contributed by atoms with van der Waals surface area (Å²) in [5, 5.41) is 0. The third-order valence-electron chi connectivity index (χ3n) is 2.13. The minimum Gasteiger partial charge on any atom is -0.371 e. The summed E-state index contributed by atoms with van der Waals surface area (Å²) in [5.41, 5.74) is 5.67. The second-order valence-electron chi connectivity index (χ2n) is 3.45. The maximum Gasteiger partial charge on any atom is 0.244 e. The van der Waals surface area contributed by atoms with Gasteiger partial charge in [0, 0.05) is 5.57 Å². The zero-order valence-corrected chi connectivity index (χ0v) is 8.66. The number of hydrogen-bond donors (Lipinski definition) is 1. The van der Waals surface area contributed by atoms with Gasteiger partial charge in [0.1, 0.15) is 6.10 Å². The zero-order valence-electron chi connectivity index (χ0n) is 8.66. The van der Waals surface area contributed by atoms with Crippen molar-refractivity contribution in [2.45, 2.75) is 32.5 Å². The molecule has 14 heavy (non-hydrogen) atoms. The Morgan fingerprint density at radius 2 is 2.43 bits per heavy atom. The van der Waals surface area contributed by atoms with Crippen LogP contribution in [0, 0.1) is 0 Å². The van der Waals surface area contributed by atoms with E-state index in [9.17, 15) is 4.79 Å². The fraction of sp³-hybridized carbons (Fsp3) is 0.700. The first kappa shape index (κ1) is 11.2. The minimum atomic E-state index is -0.394. The van der Waals surface area contributed by atoms with Crippen LogP contribution in [0.4, 0.5) is 0 Å². The third-order valence-corrected chi connectivity index (χ3v) is 2.13. The van der Waals surface area contributed by atoms with Crippen molar-refractivity contribution in [1.82, 2.24) is 0 Å². The van der Waals surface area contributed by atoms with Crippen LogP contribution < -0.4 is 5.73 Å². The molecule has 0 spiro atoms. The summed E-state index contributed by atoms with van der Waals surface area (Å²) >= 11 is 0. The molecule has 0 saturated carbocycles. The summed E-state index contributed by atoms with van der Waals surface area (Å²) in [5.74, 6) is -0.394. The van der Waals surface area contributed by atoms with Crippen LogP contribution in [0.1, 0.15) is 20.3 Å². The molecule has 0 bridgehead atoms. The van der Waals surface area contributed by atoms with Crippen LogP contribution in [0.5, 0.6) is 0 Å². The van der Waals surface area contributed by atoms with Gasteiger partial charge in [-0.15, -0.1) is 0 Å². The normalized spacial score (nSPS) is 23.3. The Kier molecular flexibility index (Phi) is 4.10. The van der Waals surface area contributed by atoms with Crippen molar-refractivity contribution in [2.75, 3.05) is 13.2 Å². The Hall–Kier alpha value is -0.870. The molecule has 80 valence electrons. The van der Waals surface area contributed by atoms with Crippen molar-refractivity contribution in [2.24, 2.45) is 5.73 Å². The fourth-order valence-corrected chi connectivity index (χ4v) is 1.04. The predicted octanol–water partition coefficient (Wildman–Crippen LogP) is 0.612. The molecule has 1 saturated heterocycles. The van der Waals surface area contributed by atoms with E-state index in [1.165, 1.54) is 0 Å². The van der Waals surface area contributed by atoms with Gasteiger partial charge >= 0.3 is 0 Å².